The Bertz CT molecular complexity index is 841. The molecule has 6 heteroatoms. The third-order valence-corrected chi connectivity index (χ3v) is 4.14. The molecule has 0 saturated carbocycles. The summed E-state index contributed by atoms with van der Waals surface area (Å²) in [5.41, 5.74) is -1.17. The molecule has 0 aromatic heterocycles. The molecule has 0 bridgehead atoms. The van der Waals surface area contributed by atoms with Gasteiger partial charge in [0.2, 0.25) is 0 Å². The van der Waals surface area contributed by atoms with Gasteiger partial charge in [0.05, 0.1) is 6.61 Å². The van der Waals surface area contributed by atoms with Gasteiger partial charge in [-0.1, -0.05) is 54.1 Å². The van der Waals surface area contributed by atoms with Gasteiger partial charge in [0.15, 0.2) is 0 Å². The van der Waals surface area contributed by atoms with E-state index in [1.165, 1.54) is 6.92 Å². The lowest BCUT2D eigenvalue weighted by Crippen LogP contribution is -2.51. The number of carbonyl (C=O) groups excluding carboxylic acids is 1. The van der Waals surface area contributed by atoms with E-state index >= 15 is 0 Å². The Balaban J connectivity index is 2.78. The molecule has 144 valence electrons. The number of hydrogen-bond acceptors (Lipinski definition) is 3. The van der Waals surface area contributed by atoms with Gasteiger partial charge in [-0.2, -0.15) is 13.2 Å². The fourth-order valence-electron chi connectivity index (χ4n) is 2.67. The first-order valence-electron chi connectivity index (χ1n) is 8.42. The topological polar surface area (TPSA) is 46.5 Å². The first kappa shape index (κ1) is 20.7. The molecule has 3 nitrogen and oxygen atoms in total. The van der Waals surface area contributed by atoms with Gasteiger partial charge in [0, 0.05) is 0 Å². The maximum absolute atomic E-state index is 13.7. The van der Waals surface area contributed by atoms with Crippen molar-refractivity contribution in [1.82, 2.24) is 0 Å². The van der Waals surface area contributed by atoms with Gasteiger partial charge < -0.3 is 9.84 Å². The highest BCUT2D eigenvalue weighted by Gasteiger charge is 2.59. The van der Waals surface area contributed by atoms with E-state index in [9.17, 15) is 23.1 Å². The summed E-state index contributed by atoms with van der Waals surface area (Å²) in [5.74, 6) is -1.75. The summed E-state index contributed by atoms with van der Waals surface area (Å²) in [7, 11) is 0. The lowest BCUT2D eigenvalue weighted by atomic mass is 9.88. The summed E-state index contributed by atoms with van der Waals surface area (Å²) in [6, 6.07) is 13.6. The van der Waals surface area contributed by atoms with Crippen molar-refractivity contribution in [3.8, 4) is 0 Å². The Labute approximate surface area is 156 Å². The van der Waals surface area contributed by atoms with Crippen molar-refractivity contribution in [2.24, 2.45) is 0 Å². The monoisotopic (exact) mass is 378 g/mol. The number of carbonyl (C=O) groups is 1. The Hall–Kier alpha value is -2.60. The second kappa shape index (κ2) is 7.96. The van der Waals surface area contributed by atoms with E-state index in [2.05, 4.69) is 4.74 Å². The summed E-state index contributed by atoms with van der Waals surface area (Å²) < 4.78 is 45.5. The maximum Gasteiger partial charge on any atom is 0.431 e. The molecule has 0 spiro atoms. The predicted octanol–water partition coefficient (Wildman–Crippen LogP) is 4.59. The van der Waals surface area contributed by atoms with Crippen molar-refractivity contribution in [3.63, 3.8) is 0 Å². The number of benzene rings is 2. The minimum Gasteiger partial charge on any atom is -0.463 e. The van der Waals surface area contributed by atoms with E-state index in [0.29, 0.717) is 22.8 Å². The molecule has 0 aliphatic carbocycles. The van der Waals surface area contributed by atoms with Crippen LogP contribution in [0, 0.1) is 13.8 Å². The van der Waals surface area contributed by atoms with Crippen molar-refractivity contribution in [2.75, 3.05) is 6.61 Å². The summed E-state index contributed by atoms with van der Waals surface area (Å²) in [6.07, 6.45) is -4.70. The van der Waals surface area contributed by atoms with E-state index in [1.54, 1.807) is 49.4 Å². The fourth-order valence-corrected chi connectivity index (χ4v) is 2.67. The highest BCUT2D eigenvalue weighted by molar-refractivity contribution is 5.90. The van der Waals surface area contributed by atoms with Crippen molar-refractivity contribution in [2.45, 2.75) is 32.5 Å². The number of rotatable bonds is 5. The number of aryl methyl sites for hydroxylation is 2. The second-order valence-electron chi connectivity index (χ2n) is 6.23. The van der Waals surface area contributed by atoms with Crippen LogP contribution in [0.4, 0.5) is 13.2 Å². The number of hydrogen-bond donors (Lipinski definition) is 1. The lowest BCUT2D eigenvalue weighted by Gasteiger charge is -2.27. The van der Waals surface area contributed by atoms with Gasteiger partial charge in [0.1, 0.15) is 0 Å². The van der Waals surface area contributed by atoms with Gasteiger partial charge in [0.25, 0.3) is 5.60 Å². The van der Waals surface area contributed by atoms with E-state index in [4.69, 9.17) is 0 Å². The van der Waals surface area contributed by atoms with Crippen LogP contribution in [0.25, 0.3) is 5.57 Å². The summed E-state index contributed by atoms with van der Waals surface area (Å²) in [5, 5.41) is 10.3. The molecule has 1 atom stereocenters. The average molecular weight is 378 g/mol. The van der Waals surface area contributed by atoms with Gasteiger partial charge in [-0.15, -0.1) is 0 Å². The molecule has 1 N–H and O–H groups in total. The first-order chi connectivity index (χ1) is 12.6. The molecular weight excluding hydrogens is 357 g/mol. The van der Waals surface area contributed by atoms with Crippen LogP contribution in [-0.2, 0) is 9.53 Å². The largest absolute Gasteiger partial charge is 0.463 e. The molecule has 0 saturated heterocycles. The number of aliphatic hydroxyl groups is 1. The molecule has 0 aliphatic rings. The minimum atomic E-state index is -5.24. The van der Waals surface area contributed by atoms with Crippen molar-refractivity contribution in [1.29, 1.82) is 0 Å². The SMILES string of the molecule is CCOC(=O)[C@@](O)(/C=C(\c1ccccc1)c1cc(C)ccc1C)C(F)(F)F. The molecule has 0 amide bonds. The number of alkyl halides is 3. The molecular formula is C21H21F3O3. The third-order valence-electron chi connectivity index (χ3n) is 4.14. The van der Waals surface area contributed by atoms with Crippen molar-refractivity contribution < 1.29 is 27.8 Å². The zero-order valence-corrected chi connectivity index (χ0v) is 15.3. The number of esters is 1. The maximum atomic E-state index is 13.7. The van der Waals surface area contributed by atoms with Gasteiger partial charge in [-0.25, -0.2) is 4.79 Å². The lowest BCUT2D eigenvalue weighted by molar-refractivity contribution is -0.245. The molecule has 0 radical (unpaired) electrons. The van der Waals surface area contributed by atoms with Crippen LogP contribution in [0.1, 0.15) is 29.2 Å². The van der Waals surface area contributed by atoms with Crippen molar-refractivity contribution in [3.05, 3.63) is 76.9 Å². The molecule has 0 aliphatic heterocycles. The molecule has 0 heterocycles. The van der Waals surface area contributed by atoms with Crippen LogP contribution in [0.15, 0.2) is 54.6 Å². The Morgan fingerprint density at radius 2 is 1.74 bits per heavy atom. The summed E-state index contributed by atoms with van der Waals surface area (Å²) in [4.78, 5) is 12.0. The molecule has 2 aromatic rings. The molecule has 2 aromatic carbocycles. The Morgan fingerprint density at radius 1 is 1.11 bits per heavy atom. The first-order valence-corrected chi connectivity index (χ1v) is 8.42. The van der Waals surface area contributed by atoms with E-state index in [1.807, 2.05) is 13.0 Å². The van der Waals surface area contributed by atoms with Crippen LogP contribution in [-0.4, -0.2) is 29.5 Å². The zero-order valence-electron chi connectivity index (χ0n) is 15.3. The number of halogens is 3. The zero-order chi connectivity index (χ0) is 20.2. The van der Waals surface area contributed by atoms with E-state index in [0.717, 1.165) is 5.56 Å². The molecule has 0 fully saturated rings. The van der Waals surface area contributed by atoms with Crippen LogP contribution in [0.2, 0.25) is 0 Å². The third kappa shape index (κ3) is 4.39. The van der Waals surface area contributed by atoms with Gasteiger partial charge in [-0.05, 0) is 49.1 Å². The molecule has 27 heavy (non-hydrogen) atoms. The highest BCUT2D eigenvalue weighted by atomic mass is 19.4. The summed E-state index contributed by atoms with van der Waals surface area (Å²) in [6.45, 7) is 4.66. The average Bonchev–Trinajstić information content (AvgIpc) is 2.61. The molecule has 2 rings (SSSR count). The quantitative estimate of drug-likeness (QED) is 0.774. The van der Waals surface area contributed by atoms with Crippen LogP contribution in [0.5, 0.6) is 0 Å². The normalized spacial score (nSPS) is 14.6. The van der Waals surface area contributed by atoms with Crippen LogP contribution in [0.3, 0.4) is 0 Å². The van der Waals surface area contributed by atoms with Crippen LogP contribution < -0.4 is 0 Å². The predicted molar refractivity (Wildman–Crippen MR) is 97.1 cm³/mol. The number of ether oxygens (including phenoxy) is 1. The Kier molecular flexibility index (Phi) is 6.11. The second-order valence-corrected chi connectivity index (χ2v) is 6.23. The van der Waals surface area contributed by atoms with E-state index in [-0.39, 0.29) is 12.2 Å². The minimum absolute atomic E-state index is 0.102. The fraction of sp³-hybridized carbons (Fsp3) is 0.286. The summed E-state index contributed by atoms with van der Waals surface area (Å²) >= 11 is 0. The van der Waals surface area contributed by atoms with Gasteiger partial charge >= 0.3 is 12.1 Å². The van der Waals surface area contributed by atoms with E-state index < -0.39 is 17.7 Å². The Morgan fingerprint density at radius 3 is 2.30 bits per heavy atom. The smallest absolute Gasteiger partial charge is 0.431 e. The van der Waals surface area contributed by atoms with Crippen molar-refractivity contribution >= 4 is 11.5 Å². The highest BCUT2D eigenvalue weighted by Crippen LogP contribution is 2.37. The van der Waals surface area contributed by atoms with Crippen LogP contribution >= 0.6 is 0 Å². The molecule has 0 unspecified atom stereocenters. The standard InChI is InChI=1S/C21H21F3O3/c1-4-27-19(25)20(26,21(22,23)24)13-18(16-8-6-5-7-9-16)17-12-14(2)10-11-15(17)3/h5-13,26H,4H2,1-3H3/b18-13+/t20-/m0/s1. The van der Waals surface area contributed by atoms with Gasteiger partial charge in [-0.3, -0.25) is 0 Å².